The second-order valence-electron chi connectivity index (χ2n) is 10.2. The molecule has 2 fully saturated rings. The van der Waals surface area contributed by atoms with Gasteiger partial charge in [0.2, 0.25) is 5.95 Å². The summed E-state index contributed by atoms with van der Waals surface area (Å²) in [6, 6.07) is 0. The van der Waals surface area contributed by atoms with Crippen molar-refractivity contribution in [3.8, 4) is 12.3 Å². The second-order valence-corrected chi connectivity index (χ2v) is 15.7. The summed E-state index contributed by atoms with van der Waals surface area (Å²) in [5, 5.41) is 1.28. The molecule has 3 aliphatic heterocycles. The summed E-state index contributed by atoms with van der Waals surface area (Å²) in [6.45, 7) is -9.86. The van der Waals surface area contributed by atoms with E-state index < -0.39 is 68.7 Å². The Morgan fingerprint density at radius 3 is 2.80 bits per heavy atom. The number of hydrogen-bond donors (Lipinski definition) is 8. The number of nitrogen functional groups attached to an aromatic ring is 2. The van der Waals surface area contributed by atoms with Crippen molar-refractivity contribution in [2.75, 3.05) is 35.1 Å². The van der Waals surface area contributed by atoms with E-state index in [-0.39, 0.29) is 47.3 Å². The molecule has 0 saturated carbocycles. The number of hydrogen-bond acceptors (Lipinski definition) is 17. The van der Waals surface area contributed by atoms with Gasteiger partial charge in [0.05, 0.1) is 19.5 Å². The van der Waals surface area contributed by atoms with E-state index in [1.165, 1.54) is 22.2 Å². The third-order valence-electron chi connectivity index (χ3n) is 7.23. The summed E-state index contributed by atoms with van der Waals surface area (Å²) in [5.41, 5.74) is 15.0. The molecule has 1 unspecified atom stereocenters. The first-order chi connectivity index (χ1) is 21.7. The highest BCUT2D eigenvalue weighted by atomic mass is 32.7. The minimum atomic E-state index is -4.36. The van der Waals surface area contributed by atoms with Crippen molar-refractivity contribution in [1.82, 2.24) is 35.0 Å². The van der Waals surface area contributed by atoms with Gasteiger partial charge in [-0.15, -0.1) is 12.0 Å². The summed E-state index contributed by atoms with van der Waals surface area (Å²) in [6.07, 6.45) is 1.98. The number of aromatic amines is 1. The number of thiol groups is 1. The molecular weight excluding hydrogens is 695 g/mol. The van der Waals surface area contributed by atoms with Crippen molar-refractivity contribution in [3.63, 3.8) is 0 Å². The maximum atomic E-state index is 15.1. The van der Waals surface area contributed by atoms with Crippen molar-refractivity contribution in [2.24, 2.45) is 0 Å². The van der Waals surface area contributed by atoms with Gasteiger partial charge in [-0.2, -0.15) is 4.98 Å². The Balaban J connectivity index is 1.16. The maximum absolute atomic E-state index is 15.1. The normalized spacial score (nSPS) is 29.0. The minimum Gasteiger partial charge on any atom is -0.382 e. The Morgan fingerprint density at radius 1 is 1.28 bits per heavy atom. The number of anilines is 4. The van der Waals surface area contributed by atoms with Crippen molar-refractivity contribution < 1.29 is 41.8 Å². The van der Waals surface area contributed by atoms with Crippen LogP contribution in [0.5, 0.6) is 0 Å². The summed E-state index contributed by atoms with van der Waals surface area (Å²) in [4.78, 5) is 50.2. The molecule has 20 nitrogen and oxygen atoms in total. The van der Waals surface area contributed by atoms with E-state index in [4.69, 9.17) is 40.9 Å². The van der Waals surface area contributed by atoms with Crippen molar-refractivity contribution in [3.05, 3.63) is 23.0 Å². The summed E-state index contributed by atoms with van der Waals surface area (Å²) in [7, 11) is 0. The highest BCUT2D eigenvalue weighted by molar-refractivity contribution is 8.44. The number of fused-ring (bicyclic) bond motifs is 2. The number of aromatic nitrogens is 6. The van der Waals surface area contributed by atoms with Crippen LogP contribution < -0.4 is 33.0 Å². The zero-order chi connectivity index (χ0) is 33.0. The number of halogens is 1. The van der Waals surface area contributed by atoms with E-state index in [0.717, 1.165) is 0 Å². The van der Waals surface area contributed by atoms with Crippen LogP contribution in [0.2, 0.25) is 0 Å². The van der Waals surface area contributed by atoms with E-state index in [9.17, 15) is 19.1 Å². The molecule has 6 rings (SSSR count). The molecule has 0 amide bonds. The number of nitrogens with zero attached hydrogens (tertiary/aromatic N) is 6. The van der Waals surface area contributed by atoms with Gasteiger partial charge in [0.25, 0.3) is 5.56 Å². The van der Waals surface area contributed by atoms with Crippen molar-refractivity contribution >= 4 is 72.0 Å². The summed E-state index contributed by atoms with van der Waals surface area (Å²) < 4.78 is 58.0. The topological polar surface area (TPSA) is 272 Å². The first-order valence-electron chi connectivity index (χ1n) is 13.1. The van der Waals surface area contributed by atoms with E-state index in [2.05, 4.69) is 65.9 Å². The van der Waals surface area contributed by atoms with E-state index >= 15 is 4.39 Å². The number of alkyl halides is 1. The maximum Gasteiger partial charge on any atom is 0.386 e. The largest absolute Gasteiger partial charge is 0.386 e. The van der Waals surface area contributed by atoms with Crippen LogP contribution in [0.25, 0.3) is 11.2 Å². The average molecular weight is 722 g/mol. The number of terminal acetylenes is 1. The second kappa shape index (κ2) is 12.2. The molecule has 248 valence electrons. The lowest BCUT2D eigenvalue weighted by Crippen LogP contribution is -2.45. The molecule has 3 aromatic heterocycles. The zero-order valence-electron chi connectivity index (χ0n) is 23.2. The third-order valence-corrected chi connectivity index (χ3v) is 9.64. The van der Waals surface area contributed by atoms with Crippen LogP contribution >= 0.6 is 25.8 Å². The fourth-order valence-electron chi connectivity index (χ4n) is 5.09. The standard InChI is InChI=1S/C21H26FN11O9P2S2/c1-2-21(6-39-43(35,36)45)11(4-12(41-21)32-8-27-14-16(23)25-7-26-17(14)32)42-44(37,46)38-5-10-9(22)3-13(40-10)33-18-15(30-31-33)19(34)29-20(24)28-18/h1,7-13,30-31H,3-6H2,(H,37,46)(H2,23,25,26)(H2,35,36,45)(H3,24,28,29,34)/t9-,10-,11+,12-,13-,21-,44?/m1/s1. The van der Waals surface area contributed by atoms with Crippen LogP contribution in [-0.2, 0) is 39.4 Å². The summed E-state index contributed by atoms with van der Waals surface area (Å²) in [5.74, 6) is 2.39. The van der Waals surface area contributed by atoms with E-state index in [1.54, 1.807) is 0 Å². The molecule has 25 heteroatoms. The van der Waals surface area contributed by atoms with Gasteiger partial charge in [-0.3, -0.25) is 28.8 Å². The van der Waals surface area contributed by atoms with Gasteiger partial charge < -0.3 is 35.3 Å². The zero-order valence-corrected chi connectivity index (χ0v) is 26.7. The molecule has 6 heterocycles. The number of nitrogens with one attached hydrogen (secondary N) is 3. The molecule has 3 aliphatic rings. The lowest BCUT2D eigenvalue weighted by molar-refractivity contribution is -0.0828. The predicted octanol–water partition coefficient (Wildman–Crippen LogP) is -0.165. The fraction of sp³-hybridized carbons (Fsp3) is 0.476. The molecule has 0 aromatic carbocycles. The molecule has 46 heavy (non-hydrogen) atoms. The lowest BCUT2D eigenvalue weighted by Gasteiger charge is -2.30. The predicted molar refractivity (Wildman–Crippen MR) is 165 cm³/mol. The van der Waals surface area contributed by atoms with Gasteiger partial charge in [0.15, 0.2) is 34.8 Å². The molecule has 0 aliphatic carbocycles. The molecule has 0 spiro atoms. The molecule has 0 radical (unpaired) electrons. The molecule has 9 N–H and O–H groups in total. The van der Waals surface area contributed by atoms with Crippen molar-refractivity contribution in [2.45, 2.75) is 49.3 Å². The van der Waals surface area contributed by atoms with Crippen LogP contribution in [0.15, 0.2) is 17.4 Å². The average Bonchev–Trinajstić information content (AvgIpc) is 3.75. The highest BCUT2D eigenvalue weighted by Crippen LogP contribution is 2.58. The van der Waals surface area contributed by atoms with E-state index in [1.807, 2.05) is 0 Å². The van der Waals surface area contributed by atoms with Gasteiger partial charge in [-0.25, -0.2) is 28.9 Å². The van der Waals surface area contributed by atoms with Crippen LogP contribution in [0.3, 0.4) is 0 Å². The van der Waals surface area contributed by atoms with Gasteiger partial charge in [0.1, 0.15) is 36.5 Å². The third kappa shape index (κ3) is 6.44. The fourth-order valence-corrected chi connectivity index (χ4v) is 7.13. The molecular formula is C21H26FN11O9P2S2. The SMILES string of the molecule is C#C[C@]1(COP(O)(O)=S)O[C@@H](n2cnc3c(N)ncnc32)C[C@@H]1OP(=O)(S)OC[C@H]1O[C@@H](N2NNc3c2nc(N)[nH]c3=O)C[C@H]1F. The molecule has 2 saturated heterocycles. The molecule has 3 aromatic rings. The Morgan fingerprint density at radius 2 is 2.07 bits per heavy atom. The lowest BCUT2D eigenvalue weighted by atomic mass is 9.99. The van der Waals surface area contributed by atoms with Gasteiger partial charge >= 0.3 is 13.5 Å². The summed E-state index contributed by atoms with van der Waals surface area (Å²) >= 11 is 8.61. The minimum absolute atomic E-state index is 0.0525. The van der Waals surface area contributed by atoms with Gasteiger partial charge in [0, 0.05) is 12.8 Å². The van der Waals surface area contributed by atoms with Crippen LogP contribution in [-0.4, -0.2) is 82.7 Å². The number of ether oxygens (including phenoxy) is 2. The number of nitrogens with two attached hydrogens (primary N) is 2. The number of hydrazine groups is 2. The Hall–Kier alpha value is -2.97. The van der Waals surface area contributed by atoms with Crippen LogP contribution in [0.4, 0.5) is 27.7 Å². The highest BCUT2D eigenvalue weighted by Gasteiger charge is 2.53. The monoisotopic (exact) mass is 721 g/mol. The Bertz CT molecular complexity index is 1860. The number of rotatable bonds is 10. The smallest absolute Gasteiger partial charge is 0.382 e. The quantitative estimate of drug-likeness (QED) is 0.0767. The Labute approximate surface area is 268 Å². The van der Waals surface area contributed by atoms with Crippen LogP contribution in [0, 0.1) is 12.3 Å². The van der Waals surface area contributed by atoms with Gasteiger partial charge in [-0.05, 0) is 11.8 Å². The first kappa shape index (κ1) is 33.0. The van der Waals surface area contributed by atoms with Gasteiger partial charge in [-0.1, -0.05) is 18.2 Å². The number of imidazole rings is 1. The van der Waals surface area contributed by atoms with E-state index in [0.29, 0.717) is 0 Å². The molecule has 7 atom stereocenters. The molecule has 0 bridgehead atoms. The van der Waals surface area contributed by atoms with Crippen LogP contribution in [0.1, 0.15) is 19.1 Å². The Kier molecular flexibility index (Phi) is 8.77. The first-order valence-corrected chi connectivity index (χ1v) is 18.5. The number of H-pyrrole nitrogens is 1. The van der Waals surface area contributed by atoms with Crippen molar-refractivity contribution in [1.29, 1.82) is 0 Å².